The van der Waals surface area contributed by atoms with Crippen molar-refractivity contribution < 1.29 is 19.0 Å². The Kier molecular flexibility index (Phi) is 3.66. The third kappa shape index (κ3) is 2.82. The molecule has 0 aliphatic carbocycles. The third-order valence-corrected chi connectivity index (χ3v) is 2.55. The number of phenolic OH excluding ortho intramolecular Hbond substituents is 1. The Bertz CT molecular complexity index is 613. The van der Waals surface area contributed by atoms with E-state index in [9.17, 15) is 9.18 Å². The number of carbonyl (C=O) groups excluding carboxylic acids is 1. The van der Waals surface area contributed by atoms with Crippen molar-refractivity contribution in [3.05, 3.63) is 53.8 Å². The van der Waals surface area contributed by atoms with Crippen molar-refractivity contribution in [2.45, 2.75) is 0 Å². The number of hydrogen-bond acceptors (Lipinski definition) is 3. The lowest BCUT2D eigenvalue weighted by Gasteiger charge is -2.10. The second-order valence-electron chi connectivity index (χ2n) is 3.82. The molecule has 0 atom stereocenters. The van der Waals surface area contributed by atoms with Gasteiger partial charge in [0.15, 0.2) is 0 Å². The monoisotopic (exact) mass is 261 g/mol. The molecule has 1 amide bonds. The molecular weight excluding hydrogens is 249 g/mol. The zero-order valence-electron chi connectivity index (χ0n) is 10.2. The van der Waals surface area contributed by atoms with E-state index >= 15 is 0 Å². The van der Waals surface area contributed by atoms with Gasteiger partial charge in [-0.1, -0.05) is 12.1 Å². The first-order chi connectivity index (χ1) is 9.11. The van der Waals surface area contributed by atoms with Crippen LogP contribution in [0.5, 0.6) is 11.5 Å². The van der Waals surface area contributed by atoms with Gasteiger partial charge >= 0.3 is 0 Å². The van der Waals surface area contributed by atoms with Crippen molar-refractivity contribution in [3.8, 4) is 11.5 Å². The molecule has 0 saturated carbocycles. The van der Waals surface area contributed by atoms with E-state index in [0.29, 0.717) is 11.4 Å². The fourth-order valence-electron chi connectivity index (χ4n) is 1.63. The number of methoxy groups -OCH3 is 1. The highest BCUT2D eigenvalue weighted by Gasteiger charge is 2.14. The summed E-state index contributed by atoms with van der Waals surface area (Å²) in [6.45, 7) is 0. The number of para-hydroxylation sites is 2. The summed E-state index contributed by atoms with van der Waals surface area (Å²) in [6, 6.07) is 10.2. The average molecular weight is 261 g/mol. The first-order valence-corrected chi connectivity index (χ1v) is 5.54. The van der Waals surface area contributed by atoms with E-state index in [4.69, 9.17) is 9.84 Å². The number of phenols is 1. The smallest absolute Gasteiger partial charge is 0.258 e. The molecule has 0 heterocycles. The van der Waals surface area contributed by atoms with E-state index < -0.39 is 11.7 Å². The molecule has 0 aliphatic heterocycles. The van der Waals surface area contributed by atoms with Gasteiger partial charge in [-0.3, -0.25) is 4.79 Å². The van der Waals surface area contributed by atoms with E-state index in [1.807, 2.05) is 0 Å². The molecule has 0 bridgehead atoms. The van der Waals surface area contributed by atoms with E-state index in [0.717, 1.165) is 6.07 Å². The molecule has 2 rings (SSSR count). The third-order valence-electron chi connectivity index (χ3n) is 2.55. The standard InChI is InChI=1S/C14H12FNO3/c1-19-13-5-3-2-4-12(13)16-14(18)10-7-6-9(17)8-11(10)15/h2-8,17H,1H3,(H,16,18). The summed E-state index contributed by atoms with van der Waals surface area (Å²) in [5.74, 6) is -1.14. The number of nitrogens with one attached hydrogen (secondary N) is 1. The average Bonchev–Trinajstić information content (AvgIpc) is 2.39. The fraction of sp³-hybridized carbons (Fsp3) is 0.0714. The Morgan fingerprint density at radius 3 is 2.68 bits per heavy atom. The van der Waals surface area contributed by atoms with Gasteiger partial charge in [-0.15, -0.1) is 0 Å². The van der Waals surface area contributed by atoms with Gasteiger partial charge in [0.1, 0.15) is 17.3 Å². The molecule has 2 aromatic rings. The molecule has 0 unspecified atom stereocenters. The molecule has 0 radical (unpaired) electrons. The van der Waals surface area contributed by atoms with Gasteiger partial charge in [-0.25, -0.2) is 4.39 Å². The zero-order valence-corrected chi connectivity index (χ0v) is 10.2. The predicted molar refractivity (Wildman–Crippen MR) is 69.0 cm³/mol. The van der Waals surface area contributed by atoms with Gasteiger partial charge in [0.2, 0.25) is 0 Å². The van der Waals surface area contributed by atoms with Crippen molar-refractivity contribution in [1.29, 1.82) is 0 Å². The number of hydrogen-bond donors (Lipinski definition) is 2. The van der Waals surface area contributed by atoms with Crippen LogP contribution in [0.25, 0.3) is 0 Å². The Labute approximate surface area is 109 Å². The molecule has 98 valence electrons. The summed E-state index contributed by atoms with van der Waals surface area (Å²) in [4.78, 5) is 11.9. The Balaban J connectivity index is 2.26. The highest BCUT2D eigenvalue weighted by atomic mass is 19.1. The van der Waals surface area contributed by atoms with E-state index in [1.54, 1.807) is 24.3 Å². The first kappa shape index (κ1) is 12.9. The van der Waals surface area contributed by atoms with Crippen molar-refractivity contribution >= 4 is 11.6 Å². The SMILES string of the molecule is COc1ccccc1NC(=O)c1ccc(O)cc1F. The predicted octanol–water partition coefficient (Wildman–Crippen LogP) is 2.79. The molecule has 0 spiro atoms. The Morgan fingerprint density at radius 2 is 2.00 bits per heavy atom. The van der Waals surface area contributed by atoms with Gasteiger partial charge in [0.25, 0.3) is 5.91 Å². The maximum atomic E-state index is 13.5. The number of amides is 1. The normalized spacial score (nSPS) is 10.0. The van der Waals surface area contributed by atoms with E-state index in [1.165, 1.54) is 19.2 Å². The molecule has 0 fully saturated rings. The molecule has 0 aromatic heterocycles. The van der Waals surface area contributed by atoms with Crippen LogP contribution in [0.3, 0.4) is 0 Å². The fourth-order valence-corrected chi connectivity index (χ4v) is 1.63. The zero-order chi connectivity index (χ0) is 13.8. The molecular formula is C14H12FNO3. The lowest BCUT2D eigenvalue weighted by atomic mass is 10.2. The van der Waals surface area contributed by atoms with Crippen LogP contribution in [0.15, 0.2) is 42.5 Å². The highest BCUT2D eigenvalue weighted by molar-refractivity contribution is 6.05. The lowest BCUT2D eigenvalue weighted by Crippen LogP contribution is -2.14. The lowest BCUT2D eigenvalue weighted by molar-refractivity contribution is 0.102. The van der Waals surface area contributed by atoms with Crippen molar-refractivity contribution in [2.24, 2.45) is 0 Å². The van der Waals surface area contributed by atoms with Crippen LogP contribution in [-0.2, 0) is 0 Å². The van der Waals surface area contributed by atoms with E-state index in [-0.39, 0.29) is 11.3 Å². The summed E-state index contributed by atoms with van der Waals surface area (Å²) >= 11 is 0. The van der Waals surface area contributed by atoms with Crippen LogP contribution in [0.4, 0.5) is 10.1 Å². The summed E-state index contributed by atoms with van der Waals surface area (Å²) in [5.41, 5.74) is 0.297. The molecule has 2 aromatic carbocycles. The van der Waals surface area contributed by atoms with Gasteiger partial charge in [-0.2, -0.15) is 0 Å². The highest BCUT2D eigenvalue weighted by Crippen LogP contribution is 2.24. The quantitative estimate of drug-likeness (QED) is 0.893. The van der Waals surface area contributed by atoms with Crippen molar-refractivity contribution in [1.82, 2.24) is 0 Å². The topological polar surface area (TPSA) is 58.6 Å². The van der Waals surface area contributed by atoms with Crippen LogP contribution < -0.4 is 10.1 Å². The molecule has 19 heavy (non-hydrogen) atoms. The Morgan fingerprint density at radius 1 is 1.26 bits per heavy atom. The van der Waals surface area contributed by atoms with Crippen molar-refractivity contribution in [3.63, 3.8) is 0 Å². The largest absolute Gasteiger partial charge is 0.508 e. The minimum atomic E-state index is -0.785. The van der Waals surface area contributed by atoms with Crippen LogP contribution in [0.2, 0.25) is 0 Å². The summed E-state index contributed by atoms with van der Waals surface area (Å²) < 4.78 is 18.6. The van der Waals surface area contributed by atoms with Gasteiger partial charge in [0.05, 0.1) is 18.4 Å². The number of aromatic hydroxyl groups is 1. The maximum Gasteiger partial charge on any atom is 0.258 e. The van der Waals surface area contributed by atoms with Crippen molar-refractivity contribution in [2.75, 3.05) is 12.4 Å². The molecule has 0 saturated heterocycles. The number of anilines is 1. The van der Waals surface area contributed by atoms with Crippen LogP contribution in [0.1, 0.15) is 10.4 Å². The second kappa shape index (κ2) is 5.39. The van der Waals surface area contributed by atoms with Gasteiger partial charge in [-0.05, 0) is 24.3 Å². The first-order valence-electron chi connectivity index (χ1n) is 5.54. The second-order valence-corrected chi connectivity index (χ2v) is 3.82. The summed E-state index contributed by atoms with van der Waals surface area (Å²) in [6.07, 6.45) is 0. The van der Waals surface area contributed by atoms with Gasteiger partial charge < -0.3 is 15.2 Å². The van der Waals surface area contributed by atoms with Crippen LogP contribution >= 0.6 is 0 Å². The minimum Gasteiger partial charge on any atom is -0.508 e. The number of rotatable bonds is 3. The molecule has 5 heteroatoms. The number of carbonyl (C=O) groups is 1. The number of ether oxygens (including phenoxy) is 1. The van der Waals surface area contributed by atoms with Gasteiger partial charge in [0, 0.05) is 6.07 Å². The maximum absolute atomic E-state index is 13.5. The molecule has 0 aliphatic rings. The number of benzene rings is 2. The van der Waals surface area contributed by atoms with Crippen LogP contribution in [0, 0.1) is 5.82 Å². The van der Waals surface area contributed by atoms with E-state index in [2.05, 4.69) is 5.32 Å². The summed E-state index contributed by atoms with van der Waals surface area (Å²) in [5, 5.41) is 11.7. The molecule has 4 nitrogen and oxygen atoms in total. The number of halogens is 1. The van der Waals surface area contributed by atoms with Crippen LogP contribution in [-0.4, -0.2) is 18.1 Å². The molecule has 2 N–H and O–H groups in total. The Hall–Kier alpha value is -2.56. The minimum absolute atomic E-state index is 0.149. The summed E-state index contributed by atoms with van der Waals surface area (Å²) in [7, 11) is 1.48.